The minimum absolute atomic E-state index is 0.0356. The highest BCUT2D eigenvalue weighted by molar-refractivity contribution is 5.49. The van der Waals surface area contributed by atoms with E-state index in [1.54, 1.807) is 13.2 Å². The van der Waals surface area contributed by atoms with Gasteiger partial charge in [0, 0.05) is 18.4 Å². The van der Waals surface area contributed by atoms with E-state index in [9.17, 15) is 5.11 Å². The summed E-state index contributed by atoms with van der Waals surface area (Å²) in [6, 6.07) is 13.9. The molecule has 2 aromatic carbocycles. The largest absolute Gasteiger partial charge is 0.508 e. The van der Waals surface area contributed by atoms with Gasteiger partial charge in [0.2, 0.25) is 0 Å². The van der Waals surface area contributed by atoms with E-state index in [0.29, 0.717) is 12.4 Å². The van der Waals surface area contributed by atoms with Crippen molar-refractivity contribution in [2.45, 2.75) is 26.5 Å². The van der Waals surface area contributed by atoms with Gasteiger partial charge in [-0.1, -0.05) is 24.3 Å². The van der Waals surface area contributed by atoms with Crippen LogP contribution < -0.4 is 5.32 Å². The van der Waals surface area contributed by atoms with E-state index in [1.165, 1.54) is 0 Å². The second-order valence-electron chi connectivity index (χ2n) is 5.06. The molecule has 0 aliphatic heterocycles. The van der Waals surface area contributed by atoms with Gasteiger partial charge in [-0.3, -0.25) is 0 Å². The molecule has 2 rings (SSSR count). The van der Waals surface area contributed by atoms with Crippen molar-refractivity contribution in [3.63, 3.8) is 0 Å². The van der Waals surface area contributed by atoms with Crippen LogP contribution in [0, 0.1) is 6.92 Å². The third-order valence-electron chi connectivity index (χ3n) is 3.27. The summed E-state index contributed by atoms with van der Waals surface area (Å²) in [6.45, 7) is 4.60. The van der Waals surface area contributed by atoms with Gasteiger partial charge in [0.05, 0.1) is 12.6 Å². The lowest BCUT2D eigenvalue weighted by atomic mass is 10.0. The van der Waals surface area contributed by atoms with Crippen molar-refractivity contribution in [3.05, 3.63) is 59.2 Å². The molecule has 20 heavy (non-hydrogen) atoms. The molecular formula is C17H21NO2. The maximum Gasteiger partial charge on any atom is 0.121 e. The predicted molar refractivity (Wildman–Crippen MR) is 82.0 cm³/mol. The predicted octanol–water partition coefficient (Wildman–Crippen LogP) is 4.02. The molecule has 1 atom stereocenters. The number of anilines is 1. The lowest BCUT2D eigenvalue weighted by Gasteiger charge is -2.18. The number of rotatable bonds is 5. The zero-order valence-corrected chi connectivity index (χ0v) is 12.2. The highest BCUT2D eigenvalue weighted by atomic mass is 16.5. The molecule has 0 radical (unpaired) electrons. The third kappa shape index (κ3) is 3.52. The lowest BCUT2D eigenvalue weighted by molar-refractivity contribution is 0.185. The first-order chi connectivity index (χ1) is 9.60. The van der Waals surface area contributed by atoms with Gasteiger partial charge in [-0.05, 0) is 43.2 Å². The number of ether oxygens (including phenoxy) is 1. The first-order valence-electron chi connectivity index (χ1n) is 6.74. The number of aryl methyl sites for hydroxylation is 1. The van der Waals surface area contributed by atoms with Crippen molar-refractivity contribution >= 4 is 5.69 Å². The Kier molecular flexibility index (Phi) is 4.64. The van der Waals surface area contributed by atoms with Crippen molar-refractivity contribution in [2.75, 3.05) is 12.4 Å². The number of phenolic OH excluding ortho intramolecular Hbond substituents is 1. The average Bonchev–Trinajstić information content (AvgIpc) is 2.39. The fraction of sp³-hybridized carbons (Fsp3) is 0.294. The molecule has 3 nitrogen and oxygen atoms in total. The highest BCUT2D eigenvalue weighted by Gasteiger charge is 2.10. The maximum atomic E-state index is 10.0. The summed E-state index contributed by atoms with van der Waals surface area (Å²) in [5.41, 5.74) is 4.10. The molecule has 106 valence electrons. The molecule has 0 aliphatic carbocycles. The Morgan fingerprint density at radius 3 is 2.70 bits per heavy atom. The minimum Gasteiger partial charge on any atom is -0.508 e. The van der Waals surface area contributed by atoms with Gasteiger partial charge in [-0.15, -0.1) is 0 Å². The number of aromatic hydroxyl groups is 1. The molecule has 2 aromatic rings. The van der Waals surface area contributed by atoms with E-state index in [0.717, 1.165) is 22.4 Å². The molecule has 0 heterocycles. The Bertz CT molecular complexity index is 581. The van der Waals surface area contributed by atoms with Crippen LogP contribution in [0.5, 0.6) is 5.75 Å². The average molecular weight is 271 g/mol. The summed E-state index contributed by atoms with van der Waals surface area (Å²) in [5, 5.41) is 13.4. The standard InChI is InChI=1S/C17H21NO2/c1-12-7-8-16(17(19)9-12)13(2)18-15-6-4-5-14(10-15)11-20-3/h4-10,13,18-19H,11H2,1-3H3. The van der Waals surface area contributed by atoms with E-state index in [1.807, 2.05) is 44.2 Å². The molecule has 0 saturated heterocycles. The molecule has 1 unspecified atom stereocenters. The SMILES string of the molecule is COCc1cccc(NC(C)c2ccc(C)cc2O)c1. The third-order valence-corrected chi connectivity index (χ3v) is 3.27. The topological polar surface area (TPSA) is 41.5 Å². The van der Waals surface area contributed by atoms with Crippen LogP contribution >= 0.6 is 0 Å². The van der Waals surface area contributed by atoms with E-state index in [2.05, 4.69) is 11.4 Å². The van der Waals surface area contributed by atoms with Crippen molar-refractivity contribution < 1.29 is 9.84 Å². The van der Waals surface area contributed by atoms with Crippen molar-refractivity contribution in [3.8, 4) is 5.75 Å². The Balaban J connectivity index is 2.14. The second kappa shape index (κ2) is 6.44. The summed E-state index contributed by atoms with van der Waals surface area (Å²) in [7, 11) is 1.69. The Hall–Kier alpha value is -2.00. The smallest absolute Gasteiger partial charge is 0.121 e. The fourth-order valence-electron chi connectivity index (χ4n) is 2.27. The molecule has 0 aromatic heterocycles. The first kappa shape index (κ1) is 14.4. The number of hydrogen-bond donors (Lipinski definition) is 2. The van der Waals surface area contributed by atoms with Crippen LogP contribution in [0.15, 0.2) is 42.5 Å². The van der Waals surface area contributed by atoms with Gasteiger partial charge < -0.3 is 15.2 Å². The number of hydrogen-bond acceptors (Lipinski definition) is 3. The van der Waals surface area contributed by atoms with Gasteiger partial charge in [0.25, 0.3) is 0 Å². The quantitative estimate of drug-likeness (QED) is 0.863. The van der Waals surface area contributed by atoms with Crippen LogP contribution in [0.25, 0.3) is 0 Å². The maximum absolute atomic E-state index is 10.0. The van der Waals surface area contributed by atoms with Gasteiger partial charge in [0.15, 0.2) is 0 Å². The minimum atomic E-state index is 0.0356. The lowest BCUT2D eigenvalue weighted by Crippen LogP contribution is -2.07. The number of phenols is 1. The Labute approximate surface area is 120 Å². The molecule has 3 heteroatoms. The summed E-state index contributed by atoms with van der Waals surface area (Å²) >= 11 is 0. The second-order valence-corrected chi connectivity index (χ2v) is 5.06. The van der Waals surface area contributed by atoms with Crippen molar-refractivity contribution in [1.29, 1.82) is 0 Å². The molecule has 2 N–H and O–H groups in total. The van der Waals surface area contributed by atoms with Gasteiger partial charge in [-0.2, -0.15) is 0 Å². The van der Waals surface area contributed by atoms with Crippen LogP contribution in [0.4, 0.5) is 5.69 Å². The molecular weight excluding hydrogens is 250 g/mol. The van der Waals surface area contributed by atoms with Crippen LogP contribution in [0.1, 0.15) is 29.7 Å². The normalized spacial score (nSPS) is 12.2. The zero-order valence-electron chi connectivity index (χ0n) is 12.2. The van der Waals surface area contributed by atoms with Gasteiger partial charge in [0.1, 0.15) is 5.75 Å². The van der Waals surface area contributed by atoms with Crippen LogP contribution in [0.3, 0.4) is 0 Å². The Morgan fingerprint density at radius 2 is 2.00 bits per heavy atom. The molecule has 0 spiro atoms. The van der Waals surface area contributed by atoms with E-state index >= 15 is 0 Å². The van der Waals surface area contributed by atoms with E-state index < -0.39 is 0 Å². The first-order valence-corrected chi connectivity index (χ1v) is 6.74. The van der Waals surface area contributed by atoms with E-state index in [4.69, 9.17) is 4.74 Å². The summed E-state index contributed by atoms with van der Waals surface area (Å²) < 4.78 is 5.14. The van der Waals surface area contributed by atoms with E-state index in [-0.39, 0.29) is 6.04 Å². The molecule has 0 saturated carbocycles. The zero-order chi connectivity index (χ0) is 14.5. The van der Waals surface area contributed by atoms with Crippen LogP contribution in [-0.2, 0) is 11.3 Å². The monoisotopic (exact) mass is 271 g/mol. The van der Waals surface area contributed by atoms with Crippen LogP contribution in [0.2, 0.25) is 0 Å². The fourth-order valence-corrected chi connectivity index (χ4v) is 2.27. The number of methoxy groups -OCH3 is 1. The van der Waals surface area contributed by atoms with Crippen molar-refractivity contribution in [2.24, 2.45) is 0 Å². The Morgan fingerprint density at radius 1 is 1.20 bits per heavy atom. The van der Waals surface area contributed by atoms with Gasteiger partial charge >= 0.3 is 0 Å². The van der Waals surface area contributed by atoms with Crippen LogP contribution in [-0.4, -0.2) is 12.2 Å². The number of nitrogens with one attached hydrogen (secondary N) is 1. The summed E-state index contributed by atoms with van der Waals surface area (Å²) in [6.07, 6.45) is 0. The molecule has 0 fully saturated rings. The highest BCUT2D eigenvalue weighted by Crippen LogP contribution is 2.28. The van der Waals surface area contributed by atoms with Gasteiger partial charge in [-0.25, -0.2) is 0 Å². The number of benzene rings is 2. The van der Waals surface area contributed by atoms with Crippen molar-refractivity contribution in [1.82, 2.24) is 0 Å². The molecule has 0 aliphatic rings. The molecule has 0 bridgehead atoms. The summed E-state index contributed by atoms with van der Waals surface area (Å²) in [5.74, 6) is 0.332. The molecule has 0 amide bonds. The summed E-state index contributed by atoms with van der Waals surface area (Å²) in [4.78, 5) is 0.